The molecule has 1 heterocycles. The molecule has 0 spiro atoms. The Morgan fingerprint density at radius 3 is 2.14 bits per heavy atom. The zero-order chi connectivity index (χ0) is 20.9. The molecule has 3 rings (SSSR count). The van der Waals surface area contributed by atoms with Gasteiger partial charge in [-0.05, 0) is 63.8 Å². The van der Waals surface area contributed by atoms with Crippen LogP contribution in [0.5, 0.6) is 0 Å². The molecule has 0 saturated carbocycles. The Morgan fingerprint density at radius 1 is 0.929 bits per heavy atom. The van der Waals surface area contributed by atoms with Crippen LogP contribution in [0.1, 0.15) is 24.2 Å². The summed E-state index contributed by atoms with van der Waals surface area (Å²) in [4.78, 5) is 38.7. The van der Waals surface area contributed by atoms with Crippen LogP contribution in [-0.2, 0) is 11.5 Å². The van der Waals surface area contributed by atoms with Crippen molar-refractivity contribution >= 4 is 35.9 Å². The fourth-order valence-electron chi connectivity index (χ4n) is 3.64. The van der Waals surface area contributed by atoms with Gasteiger partial charge in [0.25, 0.3) is 0 Å². The monoisotopic (exact) mass is 395 g/mol. The highest BCUT2D eigenvalue weighted by Crippen LogP contribution is 2.24. The Hall–Kier alpha value is -2.57. The van der Waals surface area contributed by atoms with Crippen LogP contribution in [0.3, 0.4) is 0 Å². The molecule has 0 fully saturated rings. The number of hydrogen-bond acceptors (Lipinski definition) is 4. The zero-order valence-corrected chi connectivity index (χ0v) is 18.1. The fraction of sp³-hybridized carbons (Fsp3) is 0.318. The minimum atomic E-state index is -1.95. The molecule has 3 aromatic rings. The molecule has 0 radical (unpaired) electrons. The van der Waals surface area contributed by atoms with Crippen LogP contribution in [0, 0.1) is 0 Å². The number of aryl methyl sites for hydroxylation is 1. The Morgan fingerprint density at radius 2 is 1.50 bits per heavy atom. The molecule has 0 atom stereocenters. The van der Waals surface area contributed by atoms with Gasteiger partial charge in [-0.1, -0.05) is 12.1 Å². The summed E-state index contributed by atoms with van der Waals surface area (Å²) in [7, 11) is -0.145. The number of fused-ring (bicyclic) bond motifs is 2. The quantitative estimate of drug-likeness (QED) is 0.382. The van der Waals surface area contributed by atoms with Gasteiger partial charge >= 0.3 is 0 Å². The number of carbonyl (C=O) groups excluding carboxylic acids is 1. The Kier molecular flexibility index (Phi) is 4.89. The van der Waals surface area contributed by atoms with Crippen LogP contribution < -0.4 is 10.9 Å². The summed E-state index contributed by atoms with van der Waals surface area (Å²) in [5.74, 6) is -0.206. The molecule has 0 bridgehead atoms. The first-order valence-corrected chi connectivity index (χ1v) is 12.6. The average Bonchev–Trinajstić information content (AvgIpc) is 2.69. The highest BCUT2D eigenvalue weighted by atomic mass is 28.4. The van der Waals surface area contributed by atoms with Crippen molar-refractivity contribution in [1.29, 1.82) is 0 Å². The van der Waals surface area contributed by atoms with E-state index in [-0.39, 0.29) is 11.2 Å². The van der Waals surface area contributed by atoms with Crippen molar-refractivity contribution in [3.8, 4) is 0 Å². The topological polar surface area (TPSA) is 65.4 Å². The fourth-order valence-corrected chi connectivity index (χ4v) is 5.27. The highest BCUT2D eigenvalue weighted by molar-refractivity contribution is 6.70. The van der Waals surface area contributed by atoms with Crippen molar-refractivity contribution in [2.75, 3.05) is 0 Å². The first-order valence-electron chi connectivity index (χ1n) is 9.23. The van der Waals surface area contributed by atoms with E-state index in [2.05, 4.69) is 0 Å². The van der Waals surface area contributed by atoms with Gasteiger partial charge in [0.15, 0.2) is 14.1 Å². The molecule has 0 N–H and O–H groups in total. The number of aromatic nitrogens is 1. The SMILES string of the molecule is Cn1c2ccccc2c(=O)c(=O)c2cc(C(=O)C(C)(C)O[Si](C)(C)C)ccc21. The molecule has 0 amide bonds. The maximum Gasteiger partial charge on any atom is 0.235 e. The molecule has 6 heteroatoms. The van der Waals surface area contributed by atoms with Crippen molar-refractivity contribution in [1.82, 2.24) is 4.57 Å². The molecule has 1 aromatic heterocycles. The van der Waals surface area contributed by atoms with Crippen LogP contribution in [0.4, 0.5) is 0 Å². The van der Waals surface area contributed by atoms with E-state index in [9.17, 15) is 14.4 Å². The predicted octanol–water partition coefficient (Wildman–Crippen LogP) is 3.86. The normalized spacial score (nSPS) is 12.5. The maximum atomic E-state index is 13.1. The van der Waals surface area contributed by atoms with E-state index in [0.717, 1.165) is 0 Å². The van der Waals surface area contributed by atoms with Crippen molar-refractivity contribution < 1.29 is 9.22 Å². The summed E-state index contributed by atoms with van der Waals surface area (Å²) in [6.45, 7) is 9.55. The number of para-hydroxylation sites is 1. The summed E-state index contributed by atoms with van der Waals surface area (Å²) in [5.41, 5.74) is -0.549. The van der Waals surface area contributed by atoms with Crippen molar-refractivity contribution in [2.45, 2.75) is 39.1 Å². The van der Waals surface area contributed by atoms with Crippen molar-refractivity contribution in [3.05, 3.63) is 68.5 Å². The van der Waals surface area contributed by atoms with E-state index in [1.165, 1.54) is 6.07 Å². The molecular weight excluding hydrogens is 370 g/mol. The van der Waals surface area contributed by atoms with Gasteiger partial charge in [-0.2, -0.15) is 0 Å². The number of ketones is 1. The largest absolute Gasteiger partial charge is 0.405 e. The van der Waals surface area contributed by atoms with Gasteiger partial charge in [-0.15, -0.1) is 0 Å². The van der Waals surface area contributed by atoms with E-state index in [1.807, 2.05) is 37.3 Å². The minimum absolute atomic E-state index is 0.206. The summed E-state index contributed by atoms with van der Waals surface area (Å²) in [6, 6.07) is 12.0. The third-order valence-corrected chi connectivity index (χ3v) is 5.81. The molecule has 0 aliphatic rings. The molecule has 0 unspecified atom stereocenters. The Labute approximate surface area is 164 Å². The number of Topliss-reactive ketones (excluding diaryl/α,β-unsaturated/α-hetero) is 1. The van der Waals surface area contributed by atoms with Gasteiger partial charge in [0.1, 0.15) is 5.60 Å². The summed E-state index contributed by atoms with van der Waals surface area (Å²) < 4.78 is 7.87. The van der Waals surface area contributed by atoms with Crippen LogP contribution >= 0.6 is 0 Å². The van der Waals surface area contributed by atoms with Crippen LogP contribution in [0.2, 0.25) is 19.6 Å². The van der Waals surface area contributed by atoms with Crippen LogP contribution in [0.25, 0.3) is 21.8 Å². The second kappa shape index (κ2) is 6.79. The second-order valence-electron chi connectivity index (χ2n) is 8.52. The number of hydrogen-bond donors (Lipinski definition) is 0. The van der Waals surface area contributed by atoms with Crippen molar-refractivity contribution in [3.63, 3.8) is 0 Å². The van der Waals surface area contributed by atoms with E-state index < -0.39 is 24.8 Å². The van der Waals surface area contributed by atoms with Gasteiger partial charge in [0, 0.05) is 18.0 Å². The zero-order valence-electron chi connectivity index (χ0n) is 17.1. The molecule has 0 saturated heterocycles. The first-order chi connectivity index (χ1) is 12.9. The van der Waals surface area contributed by atoms with Crippen LogP contribution in [-0.4, -0.2) is 24.3 Å². The highest BCUT2D eigenvalue weighted by Gasteiger charge is 2.34. The molecule has 0 aliphatic heterocycles. The molecular formula is C22H25NO4Si. The predicted molar refractivity (Wildman–Crippen MR) is 116 cm³/mol. The number of carbonyl (C=O) groups is 1. The third kappa shape index (κ3) is 3.57. The van der Waals surface area contributed by atoms with E-state index in [1.54, 1.807) is 44.2 Å². The van der Waals surface area contributed by atoms with Crippen molar-refractivity contribution in [2.24, 2.45) is 7.05 Å². The second-order valence-corrected chi connectivity index (χ2v) is 12.9. The number of benzene rings is 2. The third-order valence-electron chi connectivity index (χ3n) is 4.69. The van der Waals surface area contributed by atoms with Crippen LogP contribution in [0.15, 0.2) is 52.1 Å². The standard InChI is InChI=1S/C22H25NO4Si/c1-22(2,27-28(4,5)6)21(26)14-11-12-18-16(13-14)20(25)19(24)15-9-7-8-10-17(15)23(18)3/h7-13H,1-6H3. The lowest BCUT2D eigenvalue weighted by molar-refractivity contribution is 0.0558. The lowest BCUT2D eigenvalue weighted by Crippen LogP contribution is -2.44. The van der Waals surface area contributed by atoms with Gasteiger partial charge in [0.2, 0.25) is 10.9 Å². The van der Waals surface area contributed by atoms with Gasteiger partial charge in [-0.3, -0.25) is 14.4 Å². The van der Waals surface area contributed by atoms with E-state index in [0.29, 0.717) is 22.0 Å². The Bertz CT molecular complexity index is 1220. The smallest absolute Gasteiger partial charge is 0.235 e. The number of nitrogens with zero attached hydrogens (tertiary/aromatic N) is 1. The van der Waals surface area contributed by atoms with Gasteiger partial charge in [-0.25, -0.2) is 0 Å². The lowest BCUT2D eigenvalue weighted by atomic mass is 9.96. The summed E-state index contributed by atoms with van der Waals surface area (Å²) in [6.07, 6.45) is 0. The molecule has 146 valence electrons. The molecule has 0 aliphatic carbocycles. The van der Waals surface area contributed by atoms with Gasteiger partial charge < -0.3 is 8.99 Å². The first kappa shape index (κ1) is 20.2. The molecule has 5 nitrogen and oxygen atoms in total. The Balaban J connectivity index is 2.30. The molecule has 28 heavy (non-hydrogen) atoms. The average molecular weight is 396 g/mol. The summed E-state index contributed by atoms with van der Waals surface area (Å²) >= 11 is 0. The summed E-state index contributed by atoms with van der Waals surface area (Å²) in [5, 5.41) is 0.597. The molecule has 2 aromatic carbocycles. The van der Waals surface area contributed by atoms with E-state index >= 15 is 0 Å². The minimum Gasteiger partial charge on any atom is -0.405 e. The lowest BCUT2D eigenvalue weighted by Gasteiger charge is -2.31. The number of rotatable bonds is 4. The van der Waals surface area contributed by atoms with E-state index in [4.69, 9.17) is 4.43 Å². The van der Waals surface area contributed by atoms with Gasteiger partial charge in [0.05, 0.1) is 16.4 Å². The maximum absolute atomic E-state index is 13.1.